The van der Waals surface area contributed by atoms with Gasteiger partial charge in [-0.3, -0.25) is 0 Å². The SMILES string of the molecule is CP(C)(=O)c1ccccc1Nc1nc(Nc2ccc(N3CCCCC3)cc2)ncc1Br. The minimum atomic E-state index is -2.43. The van der Waals surface area contributed by atoms with E-state index in [1.807, 2.05) is 24.3 Å². The van der Waals surface area contributed by atoms with E-state index in [-0.39, 0.29) is 0 Å². The maximum absolute atomic E-state index is 12.7. The Morgan fingerprint density at radius 3 is 2.39 bits per heavy atom. The number of nitrogens with zero attached hydrogens (tertiary/aromatic N) is 3. The molecule has 2 aromatic carbocycles. The van der Waals surface area contributed by atoms with Gasteiger partial charge in [-0.1, -0.05) is 12.1 Å². The Hall–Kier alpha value is -2.37. The molecule has 1 fully saturated rings. The van der Waals surface area contributed by atoms with E-state index in [1.54, 1.807) is 19.5 Å². The summed E-state index contributed by atoms with van der Waals surface area (Å²) in [6.45, 7) is 5.79. The van der Waals surface area contributed by atoms with Gasteiger partial charge in [0.05, 0.1) is 10.2 Å². The van der Waals surface area contributed by atoms with Crippen LogP contribution in [0.3, 0.4) is 0 Å². The number of hydrogen-bond acceptors (Lipinski definition) is 6. The second-order valence-corrected chi connectivity index (χ2v) is 12.1. The highest BCUT2D eigenvalue weighted by molar-refractivity contribution is 9.10. The number of hydrogen-bond donors (Lipinski definition) is 2. The second-order valence-electron chi connectivity index (χ2n) is 8.10. The van der Waals surface area contributed by atoms with E-state index in [9.17, 15) is 4.57 Å². The Morgan fingerprint density at radius 2 is 1.68 bits per heavy atom. The predicted molar refractivity (Wildman–Crippen MR) is 134 cm³/mol. The van der Waals surface area contributed by atoms with Crippen LogP contribution in [0.25, 0.3) is 0 Å². The van der Waals surface area contributed by atoms with Gasteiger partial charge in [0.25, 0.3) is 0 Å². The average Bonchev–Trinajstić information content (AvgIpc) is 2.77. The van der Waals surface area contributed by atoms with E-state index in [0.717, 1.165) is 34.2 Å². The number of para-hydroxylation sites is 1. The van der Waals surface area contributed by atoms with Gasteiger partial charge < -0.3 is 20.1 Å². The van der Waals surface area contributed by atoms with E-state index >= 15 is 0 Å². The molecule has 4 rings (SSSR count). The lowest BCUT2D eigenvalue weighted by atomic mass is 10.1. The maximum atomic E-state index is 12.7. The number of nitrogens with one attached hydrogen (secondary N) is 2. The lowest BCUT2D eigenvalue weighted by Gasteiger charge is -2.28. The lowest BCUT2D eigenvalue weighted by Crippen LogP contribution is -2.29. The molecule has 0 atom stereocenters. The Labute approximate surface area is 192 Å². The largest absolute Gasteiger partial charge is 0.372 e. The van der Waals surface area contributed by atoms with E-state index in [2.05, 4.69) is 65.7 Å². The van der Waals surface area contributed by atoms with Gasteiger partial charge in [0.1, 0.15) is 13.0 Å². The van der Waals surface area contributed by atoms with Gasteiger partial charge in [-0.05, 0) is 84.9 Å². The summed E-state index contributed by atoms with van der Waals surface area (Å²) >= 11 is 3.51. The van der Waals surface area contributed by atoms with E-state index < -0.39 is 7.14 Å². The summed E-state index contributed by atoms with van der Waals surface area (Å²) in [7, 11) is -2.43. The van der Waals surface area contributed by atoms with E-state index in [4.69, 9.17) is 0 Å². The fourth-order valence-electron chi connectivity index (χ4n) is 3.73. The van der Waals surface area contributed by atoms with Crippen molar-refractivity contribution in [2.45, 2.75) is 19.3 Å². The van der Waals surface area contributed by atoms with Crippen molar-refractivity contribution < 1.29 is 4.57 Å². The molecular weight excluding hydrogens is 473 g/mol. The molecule has 0 saturated carbocycles. The third kappa shape index (κ3) is 5.46. The van der Waals surface area contributed by atoms with Gasteiger partial charge in [-0.15, -0.1) is 0 Å². The molecule has 31 heavy (non-hydrogen) atoms. The van der Waals surface area contributed by atoms with Crippen molar-refractivity contribution in [3.8, 4) is 0 Å². The number of benzene rings is 2. The average molecular weight is 500 g/mol. The maximum Gasteiger partial charge on any atom is 0.229 e. The van der Waals surface area contributed by atoms with Gasteiger partial charge >= 0.3 is 0 Å². The Kier molecular flexibility index (Phi) is 6.63. The minimum absolute atomic E-state index is 0.491. The van der Waals surface area contributed by atoms with Crippen LogP contribution in [-0.4, -0.2) is 36.4 Å². The summed E-state index contributed by atoms with van der Waals surface area (Å²) in [5.74, 6) is 1.11. The molecule has 8 heteroatoms. The zero-order valence-corrected chi connectivity index (χ0v) is 20.3. The highest BCUT2D eigenvalue weighted by atomic mass is 79.9. The van der Waals surface area contributed by atoms with Crippen molar-refractivity contribution in [2.75, 3.05) is 42.0 Å². The monoisotopic (exact) mass is 499 g/mol. The summed E-state index contributed by atoms with van der Waals surface area (Å²) in [5, 5.41) is 7.38. The minimum Gasteiger partial charge on any atom is -0.372 e. The molecule has 2 N–H and O–H groups in total. The molecule has 1 saturated heterocycles. The third-order valence-corrected chi connectivity index (χ3v) is 7.46. The van der Waals surface area contributed by atoms with Crippen LogP contribution < -0.4 is 20.8 Å². The van der Waals surface area contributed by atoms with Crippen LogP contribution in [0.4, 0.5) is 28.8 Å². The molecule has 1 aliphatic rings. The van der Waals surface area contributed by atoms with E-state index in [0.29, 0.717) is 11.8 Å². The smallest absolute Gasteiger partial charge is 0.229 e. The summed E-state index contributed by atoms with van der Waals surface area (Å²) < 4.78 is 13.4. The van der Waals surface area contributed by atoms with Gasteiger partial charge in [0.15, 0.2) is 0 Å². The van der Waals surface area contributed by atoms with Crippen molar-refractivity contribution in [1.82, 2.24) is 9.97 Å². The van der Waals surface area contributed by atoms with Crippen molar-refractivity contribution in [1.29, 1.82) is 0 Å². The highest BCUT2D eigenvalue weighted by Gasteiger charge is 2.17. The van der Waals surface area contributed by atoms with Crippen LogP contribution in [0, 0.1) is 0 Å². The van der Waals surface area contributed by atoms with Gasteiger partial charge in [-0.25, -0.2) is 4.98 Å². The van der Waals surface area contributed by atoms with Gasteiger partial charge in [-0.2, -0.15) is 4.98 Å². The first-order valence-electron chi connectivity index (χ1n) is 10.5. The van der Waals surface area contributed by atoms with Crippen LogP contribution in [0.1, 0.15) is 19.3 Å². The fourth-order valence-corrected chi connectivity index (χ4v) is 5.17. The van der Waals surface area contributed by atoms with Crippen LogP contribution in [0.2, 0.25) is 0 Å². The predicted octanol–water partition coefficient (Wildman–Crippen LogP) is 5.96. The normalized spacial score (nSPS) is 14.4. The standard InChI is InChI=1S/C23H27BrN5OP/c1-31(2,30)21-9-5-4-8-20(21)27-22-19(24)16-25-23(28-22)26-17-10-12-18(13-11-17)29-14-6-3-7-15-29/h4-5,8-13,16H,3,6-7,14-15H2,1-2H3,(H2,25,26,27,28). The Morgan fingerprint density at radius 1 is 0.968 bits per heavy atom. The van der Waals surface area contributed by atoms with Crippen molar-refractivity contribution >= 4 is 57.2 Å². The first kappa shape index (κ1) is 21.8. The summed E-state index contributed by atoms with van der Waals surface area (Å²) in [6, 6.07) is 16.0. The molecule has 0 radical (unpaired) electrons. The summed E-state index contributed by atoms with van der Waals surface area (Å²) in [4.78, 5) is 11.4. The quantitative estimate of drug-likeness (QED) is 0.407. The first-order valence-corrected chi connectivity index (χ1v) is 13.9. The number of halogens is 1. The molecule has 162 valence electrons. The molecule has 0 amide bonds. The zero-order chi connectivity index (χ0) is 21.8. The van der Waals surface area contributed by atoms with Crippen LogP contribution in [0.15, 0.2) is 59.2 Å². The van der Waals surface area contributed by atoms with Crippen LogP contribution >= 0.6 is 23.1 Å². The lowest BCUT2D eigenvalue weighted by molar-refractivity contribution is 0.578. The second kappa shape index (κ2) is 9.41. The van der Waals surface area contributed by atoms with Gasteiger partial charge in [0, 0.05) is 36.0 Å². The van der Waals surface area contributed by atoms with Crippen molar-refractivity contribution in [2.24, 2.45) is 0 Å². The van der Waals surface area contributed by atoms with Crippen molar-refractivity contribution in [3.05, 3.63) is 59.2 Å². The topological polar surface area (TPSA) is 70.2 Å². The van der Waals surface area contributed by atoms with E-state index in [1.165, 1.54) is 24.9 Å². The molecule has 1 aromatic heterocycles. The third-order valence-electron chi connectivity index (χ3n) is 5.33. The first-order chi connectivity index (χ1) is 14.9. The molecule has 2 heterocycles. The Bertz CT molecular complexity index is 1090. The Balaban J connectivity index is 1.52. The molecule has 0 spiro atoms. The number of rotatable bonds is 6. The molecule has 3 aromatic rings. The van der Waals surface area contributed by atoms with Crippen LogP contribution in [0.5, 0.6) is 0 Å². The molecule has 0 aliphatic carbocycles. The number of piperidine rings is 1. The number of anilines is 5. The van der Waals surface area contributed by atoms with Gasteiger partial charge in [0.2, 0.25) is 5.95 Å². The molecule has 6 nitrogen and oxygen atoms in total. The molecule has 0 bridgehead atoms. The van der Waals surface area contributed by atoms with Crippen molar-refractivity contribution in [3.63, 3.8) is 0 Å². The molecule has 0 unspecified atom stereocenters. The summed E-state index contributed by atoms with van der Waals surface area (Å²) in [5.41, 5.74) is 2.97. The highest BCUT2D eigenvalue weighted by Crippen LogP contribution is 2.38. The fraction of sp³-hybridized carbons (Fsp3) is 0.304. The zero-order valence-electron chi connectivity index (χ0n) is 17.8. The summed E-state index contributed by atoms with van der Waals surface area (Å²) in [6.07, 6.45) is 5.56. The van der Waals surface area contributed by atoms with Crippen LogP contribution in [-0.2, 0) is 4.57 Å². The molecular formula is C23H27BrN5OP. The molecule has 1 aliphatic heterocycles. The number of aromatic nitrogens is 2.